The van der Waals surface area contributed by atoms with Crippen molar-refractivity contribution >= 4 is 11.4 Å². The largest absolute Gasteiger partial charge is 0.758 e. The molecule has 0 saturated heterocycles. The molecule has 0 fully saturated rings. The Morgan fingerprint density at radius 1 is 1.13 bits per heavy atom. The molecular formula is C12H11N2O-. The number of hydroxylamine groups is 1. The maximum Gasteiger partial charge on any atom is 0.0680 e. The van der Waals surface area contributed by atoms with Crippen LogP contribution in [-0.4, -0.2) is 12.1 Å². The summed E-state index contributed by atoms with van der Waals surface area (Å²) < 4.78 is 0. The van der Waals surface area contributed by atoms with Crippen molar-refractivity contribution in [2.24, 2.45) is 0 Å². The van der Waals surface area contributed by atoms with Crippen LogP contribution >= 0.6 is 0 Å². The lowest BCUT2D eigenvalue weighted by atomic mass is 9.98. The van der Waals surface area contributed by atoms with Gasteiger partial charge in [-0.25, -0.2) is 0 Å². The van der Waals surface area contributed by atoms with E-state index in [0.29, 0.717) is 0 Å². The number of hydrogen-bond donors (Lipinski definition) is 1. The van der Waals surface area contributed by atoms with Crippen molar-refractivity contribution in [3.05, 3.63) is 53.8 Å². The summed E-state index contributed by atoms with van der Waals surface area (Å²) >= 11 is 0. The Labute approximate surface area is 88.3 Å². The van der Waals surface area contributed by atoms with E-state index in [1.54, 1.807) is 0 Å². The van der Waals surface area contributed by atoms with Crippen LogP contribution in [0, 0.1) is 5.21 Å². The molecule has 0 aromatic heterocycles. The smallest absolute Gasteiger partial charge is 0.0680 e. The summed E-state index contributed by atoms with van der Waals surface area (Å²) in [4.78, 5) is 0. The average Bonchev–Trinajstić information content (AvgIpc) is 2.30. The Morgan fingerprint density at radius 3 is 2.87 bits per heavy atom. The molecule has 1 aromatic carbocycles. The molecule has 3 heteroatoms. The molecule has 0 radical (unpaired) electrons. The monoisotopic (exact) mass is 199 g/mol. The molecule has 1 aliphatic heterocycles. The van der Waals surface area contributed by atoms with E-state index in [2.05, 4.69) is 5.32 Å². The molecule has 1 aliphatic carbocycles. The normalized spacial score (nSPS) is 26.9. The molecule has 2 atom stereocenters. The Bertz CT molecular complexity index is 439. The fraction of sp³-hybridized carbons (Fsp3) is 0.167. The number of benzene rings is 1. The SMILES string of the molecule is [O-]N1c2ccccc2NC2C=CC=CC21. The first-order valence-electron chi connectivity index (χ1n) is 5.03. The minimum absolute atomic E-state index is 0.0856. The van der Waals surface area contributed by atoms with Gasteiger partial charge >= 0.3 is 0 Å². The van der Waals surface area contributed by atoms with Crippen molar-refractivity contribution in [1.29, 1.82) is 0 Å². The topological polar surface area (TPSA) is 38.3 Å². The predicted molar refractivity (Wildman–Crippen MR) is 61.8 cm³/mol. The maximum absolute atomic E-state index is 12.0. The Kier molecular flexibility index (Phi) is 1.79. The van der Waals surface area contributed by atoms with E-state index >= 15 is 0 Å². The zero-order valence-corrected chi connectivity index (χ0v) is 8.13. The molecule has 15 heavy (non-hydrogen) atoms. The molecule has 0 spiro atoms. The molecule has 1 aromatic rings. The van der Waals surface area contributed by atoms with Crippen LogP contribution in [0.2, 0.25) is 0 Å². The third kappa shape index (κ3) is 1.24. The molecule has 3 nitrogen and oxygen atoms in total. The van der Waals surface area contributed by atoms with Gasteiger partial charge < -0.3 is 15.6 Å². The lowest BCUT2D eigenvalue weighted by molar-refractivity contribution is 0.690. The highest BCUT2D eigenvalue weighted by Gasteiger charge is 2.26. The van der Waals surface area contributed by atoms with Crippen LogP contribution < -0.4 is 10.4 Å². The van der Waals surface area contributed by atoms with Crippen molar-refractivity contribution < 1.29 is 0 Å². The fourth-order valence-corrected chi connectivity index (χ4v) is 2.08. The molecule has 3 rings (SSSR count). The van der Waals surface area contributed by atoms with Gasteiger partial charge in [-0.15, -0.1) is 0 Å². The summed E-state index contributed by atoms with van der Waals surface area (Å²) in [5.74, 6) is 0. The molecule has 2 aliphatic rings. The van der Waals surface area contributed by atoms with Gasteiger partial charge in [0.05, 0.1) is 17.8 Å². The van der Waals surface area contributed by atoms with Gasteiger partial charge in [-0.2, -0.15) is 0 Å². The van der Waals surface area contributed by atoms with E-state index in [1.165, 1.54) is 0 Å². The zero-order valence-electron chi connectivity index (χ0n) is 8.13. The standard InChI is InChI=1S/C12H11N2O/c15-14-11-7-3-1-5-9(11)13-10-6-2-4-8-12(10)14/h1-9,11,13H/q-1. The molecule has 0 saturated carbocycles. The second kappa shape index (κ2) is 3.14. The Morgan fingerprint density at radius 2 is 1.93 bits per heavy atom. The van der Waals surface area contributed by atoms with E-state index in [1.807, 2.05) is 48.6 Å². The minimum Gasteiger partial charge on any atom is -0.758 e. The van der Waals surface area contributed by atoms with Crippen molar-refractivity contribution in [3.63, 3.8) is 0 Å². The first-order chi connectivity index (χ1) is 7.36. The minimum atomic E-state index is -0.120. The number of anilines is 2. The number of rotatable bonds is 0. The quantitative estimate of drug-likeness (QED) is 0.696. The van der Waals surface area contributed by atoms with Gasteiger partial charge in [0.25, 0.3) is 0 Å². The summed E-state index contributed by atoms with van der Waals surface area (Å²) in [6.45, 7) is 0. The van der Waals surface area contributed by atoms with E-state index in [0.717, 1.165) is 16.4 Å². The van der Waals surface area contributed by atoms with Crippen LogP contribution in [0.5, 0.6) is 0 Å². The molecular weight excluding hydrogens is 188 g/mol. The van der Waals surface area contributed by atoms with Gasteiger partial charge in [-0.3, -0.25) is 0 Å². The number of hydrogen-bond acceptors (Lipinski definition) is 3. The molecule has 0 bridgehead atoms. The number of allylic oxidation sites excluding steroid dienone is 2. The van der Waals surface area contributed by atoms with Crippen molar-refractivity contribution in [1.82, 2.24) is 0 Å². The van der Waals surface area contributed by atoms with E-state index in [4.69, 9.17) is 0 Å². The summed E-state index contributed by atoms with van der Waals surface area (Å²) in [5.41, 5.74) is 1.63. The Hall–Kier alpha value is -1.74. The molecule has 1 heterocycles. The number of para-hydroxylation sites is 2. The van der Waals surface area contributed by atoms with Gasteiger partial charge in [0.15, 0.2) is 0 Å². The van der Waals surface area contributed by atoms with Crippen LogP contribution in [0.25, 0.3) is 0 Å². The molecule has 76 valence electrons. The third-order valence-corrected chi connectivity index (χ3v) is 2.84. The van der Waals surface area contributed by atoms with Gasteiger partial charge in [0, 0.05) is 5.69 Å². The zero-order chi connectivity index (χ0) is 10.3. The number of nitrogens with one attached hydrogen (secondary N) is 1. The Balaban J connectivity index is 2.07. The van der Waals surface area contributed by atoms with E-state index in [9.17, 15) is 5.21 Å². The number of fused-ring (bicyclic) bond motifs is 2. The maximum atomic E-state index is 12.0. The highest BCUT2D eigenvalue weighted by Crippen LogP contribution is 2.34. The van der Waals surface area contributed by atoms with Crippen molar-refractivity contribution in [2.45, 2.75) is 12.1 Å². The van der Waals surface area contributed by atoms with Gasteiger partial charge in [-0.1, -0.05) is 36.4 Å². The average molecular weight is 199 g/mol. The summed E-state index contributed by atoms with van der Waals surface area (Å²) in [6.07, 6.45) is 7.84. The predicted octanol–water partition coefficient (Wildman–Crippen LogP) is 2.28. The van der Waals surface area contributed by atoms with Crippen LogP contribution in [0.4, 0.5) is 11.4 Å². The van der Waals surface area contributed by atoms with Crippen molar-refractivity contribution in [2.75, 3.05) is 10.4 Å². The van der Waals surface area contributed by atoms with Gasteiger partial charge in [0.1, 0.15) is 0 Å². The number of nitrogens with zero attached hydrogens (tertiary/aromatic N) is 1. The fourth-order valence-electron chi connectivity index (χ4n) is 2.08. The highest BCUT2D eigenvalue weighted by molar-refractivity contribution is 5.75. The summed E-state index contributed by atoms with van der Waals surface area (Å²) in [6, 6.07) is 7.56. The van der Waals surface area contributed by atoms with Crippen LogP contribution in [-0.2, 0) is 0 Å². The van der Waals surface area contributed by atoms with E-state index < -0.39 is 0 Å². The summed E-state index contributed by atoms with van der Waals surface area (Å²) in [7, 11) is 0. The van der Waals surface area contributed by atoms with Crippen LogP contribution in [0.1, 0.15) is 0 Å². The first-order valence-corrected chi connectivity index (χ1v) is 5.03. The second-order valence-corrected chi connectivity index (χ2v) is 3.77. The summed E-state index contributed by atoms with van der Waals surface area (Å²) in [5, 5.41) is 16.5. The molecule has 0 amide bonds. The van der Waals surface area contributed by atoms with E-state index in [-0.39, 0.29) is 12.1 Å². The first kappa shape index (κ1) is 8.56. The third-order valence-electron chi connectivity index (χ3n) is 2.84. The lowest BCUT2D eigenvalue weighted by Crippen LogP contribution is -2.46. The van der Waals surface area contributed by atoms with Gasteiger partial charge in [-0.05, 0) is 12.1 Å². The molecule has 2 unspecified atom stereocenters. The molecule has 1 N–H and O–H groups in total. The lowest BCUT2D eigenvalue weighted by Gasteiger charge is -2.47. The van der Waals surface area contributed by atoms with Gasteiger partial charge in [0.2, 0.25) is 0 Å². The highest BCUT2D eigenvalue weighted by atomic mass is 16.5. The van der Waals surface area contributed by atoms with Crippen molar-refractivity contribution in [3.8, 4) is 0 Å². The van der Waals surface area contributed by atoms with Crippen LogP contribution in [0.3, 0.4) is 0 Å². The second-order valence-electron chi connectivity index (χ2n) is 3.77. The van der Waals surface area contributed by atoms with Crippen LogP contribution in [0.15, 0.2) is 48.6 Å².